The lowest BCUT2D eigenvalue weighted by Crippen LogP contribution is -2.39. The maximum atomic E-state index is 13.3. The van der Waals surface area contributed by atoms with Gasteiger partial charge in [0.25, 0.3) is 5.91 Å². The van der Waals surface area contributed by atoms with Gasteiger partial charge in [-0.2, -0.15) is 0 Å². The number of nitrogens with two attached hydrogens (primary N) is 1. The molecule has 19 heavy (non-hydrogen) atoms. The van der Waals surface area contributed by atoms with E-state index in [1.807, 2.05) is 6.92 Å². The van der Waals surface area contributed by atoms with Crippen molar-refractivity contribution in [2.24, 2.45) is 10.9 Å². The first-order valence-corrected chi connectivity index (χ1v) is 6.08. The number of amidine groups is 1. The Labute approximate surface area is 115 Å². The van der Waals surface area contributed by atoms with E-state index in [1.165, 1.54) is 23.1 Å². The van der Waals surface area contributed by atoms with E-state index in [4.69, 9.17) is 22.5 Å². The monoisotopic (exact) mass is 287 g/mol. The molecule has 1 aromatic rings. The smallest absolute Gasteiger partial charge is 0.255 e. The van der Waals surface area contributed by atoms with Crippen molar-refractivity contribution in [2.45, 2.75) is 13.3 Å². The minimum atomic E-state index is -0.659. The summed E-state index contributed by atoms with van der Waals surface area (Å²) in [7, 11) is 0. The van der Waals surface area contributed by atoms with Crippen LogP contribution in [0.15, 0.2) is 23.4 Å². The summed E-state index contributed by atoms with van der Waals surface area (Å²) in [6, 6.07) is 4.01. The van der Waals surface area contributed by atoms with Gasteiger partial charge >= 0.3 is 0 Å². The molecular weight excluding hydrogens is 273 g/mol. The molecule has 0 aliphatic rings. The molecule has 1 rings (SSSR count). The summed E-state index contributed by atoms with van der Waals surface area (Å²) in [4.78, 5) is 13.6. The van der Waals surface area contributed by atoms with Crippen molar-refractivity contribution in [1.29, 1.82) is 0 Å². The van der Waals surface area contributed by atoms with Gasteiger partial charge < -0.3 is 15.8 Å². The van der Waals surface area contributed by atoms with E-state index < -0.39 is 11.7 Å². The summed E-state index contributed by atoms with van der Waals surface area (Å²) in [6.45, 7) is 2.22. The molecule has 0 heterocycles. The lowest BCUT2D eigenvalue weighted by Gasteiger charge is -2.21. The molecule has 1 amide bonds. The van der Waals surface area contributed by atoms with Crippen molar-refractivity contribution in [3.63, 3.8) is 0 Å². The molecule has 1 aromatic carbocycles. The molecular formula is C12H15ClFN3O2. The third-order valence-corrected chi connectivity index (χ3v) is 2.83. The average molecular weight is 288 g/mol. The summed E-state index contributed by atoms with van der Waals surface area (Å²) in [5, 5.41) is 11.1. The number of halogens is 2. The maximum Gasteiger partial charge on any atom is 0.255 e. The van der Waals surface area contributed by atoms with Gasteiger partial charge in [-0.1, -0.05) is 29.7 Å². The summed E-state index contributed by atoms with van der Waals surface area (Å²) < 4.78 is 13.3. The third-order valence-electron chi connectivity index (χ3n) is 2.44. The maximum absolute atomic E-state index is 13.3. The number of hydrogen-bond donors (Lipinski definition) is 2. The second-order valence-electron chi connectivity index (χ2n) is 3.92. The summed E-state index contributed by atoms with van der Waals surface area (Å²) in [6.07, 6.45) is 0.678. The zero-order valence-electron chi connectivity index (χ0n) is 10.4. The van der Waals surface area contributed by atoms with Crippen molar-refractivity contribution in [2.75, 3.05) is 13.1 Å². The van der Waals surface area contributed by atoms with Gasteiger partial charge in [0.1, 0.15) is 5.82 Å². The van der Waals surface area contributed by atoms with Gasteiger partial charge in [-0.05, 0) is 18.6 Å². The van der Waals surface area contributed by atoms with Crippen LogP contribution in [0.3, 0.4) is 0 Å². The van der Waals surface area contributed by atoms with Crippen LogP contribution in [0.4, 0.5) is 4.39 Å². The van der Waals surface area contributed by atoms with E-state index >= 15 is 0 Å². The van der Waals surface area contributed by atoms with Crippen LogP contribution in [-0.2, 0) is 0 Å². The topological polar surface area (TPSA) is 78.9 Å². The molecule has 3 N–H and O–H groups in total. The Morgan fingerprint density at radius 3 is 2.84 bits per heavy atom. The predicted octanol–water partition coefficient (Wildman–Crippen LogP) is 2.08. The van der Waals surface area contributed by atoms with Gasteiger partial charge in [-0.25, -0.2) is 4.39 Å². The molecule has 0 radical (unpaired) electrons. The lowest BCUT2D eigenvalue weighted by molar-refractivity contribution is 0.0778. The second kappa shape index (κ2) is 6.94. The Hall–Kier alpha value is -1.82. The molecule has 0 spiro atoms. The first-order valence-electron chi connectivity index (χ1n) is 5.71. The van der Waals surface area contributed by atoms with E-state index in [9.17, 15) is 9.18 Å². The Balaban J connectivity index is 3.02. The van der Waals surface area contributed by atoms with Gasteiger partial charge in [0.15, 0.2) is 5.84 Å². The minimum absolute atomic E-state index is 0.0456. The van der Waals surface area contributed by atoms with Crippen LogP contribution in [0.5, 0.6) is 0 Å². The highest BCUT2D eigenvalue weighted by molar-refractivity contribution is 6.34. The number of carbonyl (C=O) groups is 1. The Morgan fingerprint density at radius 1 is 1.58 bits per heavy atom. The van der Waals surface area contributed by atoms with Gasteiger partial charge in [0, 0.05) is 6.54 Å². The van der Waals surface area contributed by atoms with Crippen molar-refractivity contribution in [3.05, 3.63) is 34.6 Å². The van der Waals surface area contributed by atoms with E-state index in [2.05, 4.69) is 5.16 Å². The van der Waals surface area contributed by atoms with Gasteiger partial charge in [0.05, 0.1) is 17.1 Å². The summed E-state index contributed by atoms with van der Waals surface area (Å²) in [5.41, 5.74) is 5.44. The first-order chi connectivity index (χ1) is 9.01. The molecule has 0 unspecified atom stereocenters. The summed E-state index contributed by atoms with van der Waals surface area (Å²) >= 11 is 5.77. The highest BCUT2D eigenvalue weighted by atomic mass is 35.5. The molecule has 7 heteroatoms. The van der Waals surface area contributed by atoms with E-state index in [0.29, 0.717) is 13.0 Å². The molecule has 0 atom stereocenters. The number of rotatable bonds is 5. The predicted molar refractivity (Wildman–Crippen MR) is 71.0 cm³/mol. The van der Waals surface area contributed by atoms with Crippen LogP contribution in [0.2, 0.25) is 5.02 Å². The quantitative estimate of drug-likeness (QED) is 0.377. The summed E-state index contributed by atoms with van der Waals surface area (Å²) in [5.74, 6) is -1.22. The molecule has 0 bridgehead atoms. The fourth-order valence-electron chi connectivity index (χ4n) is 1.59. The molecule has 0 aliphatic heterocycles. The van der Waals surface area contributed by atoms with Crippen molar-refractivity contribution >= 4 is 23.3 Å². The van der Waals surface area contributed by atoms with E-state index in [0.717, 1.165) is 0 Å². The van der Waals surface area contributed by atoms with E-state index in [-0.39, 0.29) is 23.0 Å². The number of nitrogens with zero attached hydrogens (tertiary/aromatic N) is 2. The minimum Gasteiger partial charge on any atom is -0.409 e. The number of carbonyl (C=O) groups excluding carboxylic acids is 1. The Kier molecular flexibility index (Phi) is 5.57. The van der Waals surface area contributed by atoms with Crippen LogP contribution in [0.1, 0.15) is 23.7 Å². The van der Waals surface area contributed by atoms with E-state index in [1.54, 1.807) is 0 Å². The SMILES string of the molecule is CCCN(C/C(N)=N/O)C(=O)c1cccc(F)c1Cl. The lowest BCUT2D eigenvalue weighted by atomic mass is 10.2. The van der Waals surface area contributed by atoms with Crippen LogP contribution in [0.25, 0.3) is 0 Å². The first kappa shape index (κ1) is 15.2. The van der Waals surface area contributed by atoms with Crippen LogP contribution < -0.4 is 5.73 Å². The molecule has 5 nitrogen and oxygen atoms in total. The van der Waals surface area contributed by atoms with Crippen molar-refractivity contribution < 1.29 is 14.4 Å². The zero-order chi connectivity index (χ0) is 14.4. The molecule has 0 aromatic heterocycles. The van der Waals surface area contributed by atoms with Crippen molar-refractivity contribution in [3.8, 4) is 0 Å². The standard InChI is InChI=1S/C12H15ClFN3O2/c1-2-6-17(7-10(15)16-19)12(18)8-4-3-5-9(14)11(8)13/h3-5,19H,2,6-7H2,1H3,(H2,15,16). The van der Waals surface area contributed by atoms with Crippen molar-refractivity contribution in [1.82, 2.24) is 4.90 Å². The molecule has 0 saturated carbocycles. The second-order valence-corrected chi connectivity index (χ2v) is 4.30. The molecule has 0 aliphatic carbocycles. The fourth-order valence-corrected chi connectivity index (χ4v) is 1.80. The van der Waals surface area contributed by atoms with Crippen LogP contribution in [0, 0.1) is 5.82 Å². The number of benzene rings is 1. The number of amides is 1. The van der Waals surface area contributed by atoms with Gasteiger partial charge in [-0.15, -0.1) is 0 Å². The highest BCUT2D eigenvalue weighted by Gasteiger charge is 2.20. The largest absolute Gasteiger partial charge is 0.409 e. The molecule has 0 saturated heterocycles. The Morgan fingerprint density at radius 2 is 2.26 bits per heavy atom. The fraction of sp³-hybridized carbons (Fsp3) is 0.333. The normalized spacial score (nSPS) is 11.4. The van der Waals surface area contributed by atoms with Gasteiger partial charge in [-0.3, -0.25) is 4.79 Å². The Bertz CT molecular complexity index is 494. The van der Waals surface area contributed by atoms with Gasteiger partial charge in [0.2, 0.25) is 0 Å². The average Bonchev–Trinajstić information content (AvgIpc) is 2.40. The molecule has 104 valence electrons. The van der Waals surface area contributed by atoms with Crippen LogP contribution >= 0.6 is 11.6 Å². The number of hydrogen-bond acceptors (Lipinski definition) is 3. The zero-order valence-corrected chi connectivity index (χ0v) is 11.2. The highest BCUT2D eigenvalue weighted by Crippen LogP contribution is 2.21. The molecule has 0 fully saturated rings. The van der Waals surface area contributed by atoms with Crippen LogP contribution in [-0.4, -0.2) is 34.9 Å². The third kappa shape index (κ3) is 3.82. The number of oxime groups is 1.